The molecule has 0 aliphatic carbocycles. The summed E-state index contributed by atoms with van der Waals surface area (Å²) in [5.74, 6) is -1.01. The first-order valence-corrected chi connectivity index (χ1v) is 6.57. The largest absolute Gasteiger partial charge is 0.478 e. The third-order valence-electron chi connectivity index (χ3n) is 2.95. The summed E-state index contributed by atoms with van der Waals surface area (Å²) in [4.78, 5) is 29.0. The van der Waals surface area contributed by atoms with Gasteiger partial charge in [-0.2, -0.15) is 0 Å². The lowest BCUT2D eigenvalue weighted by Gasteiger charge is -2.05. The minimum atomic E-state index is -1.01. The van der Waals surface area contributed by atoms with Crippen molar-refractivity contribution in [2.75, 3.05) is 0 Å². The van der Waals surface area contributed by atoms with Crippen molar-refractivity contribution in [3.63, 3.8) is 0 Å². The van der Waals surface area contributed by atoms with E-state index in [1.165, 1.54) is 22.2 Å². The summed E-state index contributed by atoms with van der Waals surface area (Å²) in [6.07, 6.45) is 2.57. The Labute approximate surface area is 113 Å². The minimum Gasteiger partial charge on any atom is -0.478 e. The Bertz CT molecular complexity index is 740. The van der Waals surface area contributed by atoms with E-state index in [1.54, 1.807) is 6.92 Å². The Morgan fingerprint density at radius 1 is 1.53 bits per heavy atom. The zero-order chi connectivity index (χ0) is 14.2. The number of hydrogen-bond acceptors (Lipinski definition) is 4. The van der Waals surface area contributed by atoms with Crippen molar-refractivity contribution in [1.82, 2.24) is 9.55 Å². The van der Waals surface area contributed by atoms with Crippen molar-refractivity contribution in [3.8, 4) is 0 Å². The lowest BCUT2D eigenvalue weighted by Crippen LogP contribution is -2.21. The molecule has 5 nitrogen and oxygen atoms in total. The van der Waals surface area contributed by atoms with E-state index in [2.05, 4.69) is 4.98 Å². The average molecular weight is 278 g/mol. The van der Waals surface area contributed by atoms with Crippen LogP contribution >= 0.6 is 11.3 Å². The number of thiophene rings is 1. The van der Waals surface area contributed by atoms with Gasteiger partial charge in [-0.05, 0) is 31.9 Å². The van der Waals surface area contributed by atoms with Gasteiger partial charge in [0.05, 0.1) is 11.7 Å². The molecule has 0 unspecified atom stereocenters. The van der Waals surface area contributed by atoms with E-state index < -0.39 is 5.97 Å². The molecule has 1 N–H and O–H groups in total. The Hall–Kier alpha value is -1.95. The van der Waals surface area contributed by atoms with Crippen LogP contribution in [0.5, 0.6) is 0 Å². The summed E-state index contributed by atoms with van der Waals surface area (Å²) in [6, 6.07) is 0. The van der Waals surface area contributed by atoms with Gasteiger partial charge in [0.2, 0.25) is 0 Å². The van der Waals surface area contributed by atoms with Crippen molar-refractivity contribution >= 4 is 27.5 Å². The molecule has 2 aromatic heterocycles. The highest BCUT2D eigenvalue weighted by Crippen LogP contribution is 2.25. The van der Waals surface area contributed by atoms with Crippen LogP contribution in [0.3, 0.4) is 0 Å². The van der Waals surface area contributed by atoms with Gasteiger partial charge in [-0.1, -0.05) is 0 Å². The van der Waals surface area contributed by atoms with E-state index in [0.717, 1.165) is 21.3 Å². The zero-order valence-corrected chi connectivity index (χ0v) is 11.7. The Morgan fingerprint density at radius 2 is 2.21 bits per heavy atom. The quantitative estimate of drug-likeness (QED) is 0.873. The van der Waals surface area contributed by atoms with E-state index in [4.69, 9.17) is 5.11 Å². The highest BCUT2D eigenvalue weighted by atomic mass is 32.1. The van der Waals surface area contributed by atoms with Crippen LogP contribution < -0.4 is 5.56 Å². The van der Waals surface area contributed by atoms with Crippen LogP contribution in [0.15, 0.2) is 22.8 Å². The normalized spacial score (nSPS) is 12.1. The molecule has 0 aliphatic rings. The SMILES string of the molecule is CC(=CC(=O)O)Cn1cnc2sc(C)c(C)c2c1=O. The summed E-state index contributed by atoms with van der Waals surface area (Å²) in [5, 5.41) is 9.31. The van der Waals surface area contributed by atoms with Gasteiger partial charge in [0.15, 0.2) is 0 Å². The predicted molar refractivity (Wildman–Crippen MR) is 74.7 cm³/mol. The molecule has 2 rings (SSSR count). The lowest BCUT2D eigenvalue weighted by atomic mass is 10.2. The number of aliphatic carboxylic acids is 1. The van der Waals surface area contributed by atoms with Gasteiger partial charge in [-0.15, -0.1) is 11.3 Å². The highest BCUT2D eigenvalue weighted by molar-refractivity contribution is 7.18. The van der Waals surface area contributed by atoms with Crippen molar-refractivity contribution in [1.29, 1.82) is 0 Å². The minimum absolute atomic E-state index is 0.120. The zero-order valence-electron chi connectivity index (χ0n) is 10.9. The molecule has 0 bridgehead atoms. The molecule has 6 heteroatoms. The summed E-state index contributed by atoms with van der Waals surface area (Å²) >= 11 is 1.50. The molecular formula is C13H14N2O3S. The molecule has 0 aliphatic heterocycles. The fourth-order valence-corrected chi connectivity index (χ4v) is 2.90. The highest BCUT2D eigenvalue weighted by Gasteiger charge is 2.12. The van der Waals surface area contributed by atoms with Gasteiger partial charge in [0.25, 0.3) is 5.56 Å². The first kappa shape index (κ1) is 13.5. The number of carboxylic acids is 1. The molecule has 19 heavy (non-hydrogen) atoms. The van der Waals surface area contributed by atoms with Gasteiger partial charge < -0.3 is 5.11 Å². The first-order valence-electron chi connectivity index (χ1n) is 5.75. The second-order valence-electron chi connectivity index (χ2n) is 4.47. The molecule has 0 radical (unpaired) electrons. The van der Waals surface area contributed by atoms with Crippen LogP contribution in [0, 0.1) is 13.8 Å². The molecule has 0 amide bonds. The standard InChI is InChI=1S/C13H14N2O3S/c1-7(4-10(16)17)5-15-6-14-12-11(13(15)18)8(2)9(3)19-12/h4,6H,5H2,1-3H3,(H,16,17). The van der Waals surface area contributed by atoms with Crippen LogP contribution in [-0.4, -0.2) is 20.6 Å². The van der Waals surface area contributed by atoms with Crippen LogP contribution in [0.4, 0.5) is 0 Å². The molecule has 100 valence electrons. The molecule has 0 spiro atoms. The summed E-state index contributed by atoms with van der Waals surface area (Å²) in [5.41, 5.74) is 1.43. The fourth-order valence-electron chi connectivity index (χ4n) is 1.91. The average Bonchev–Trinajstić information content (AvgIpc) is 2.59. The number of carboxylic acid groups (broad SMARTS) is 1. The maximum absolute atomic E-state index is 12.3. The van der Waals surface area contributed by atoms with Crippen LogP contribution in [0.2, 0.25) is 0 Å². The van der Waals surface area contributed by atoms with Crippen molar-refractivity contribution in [2.24, 2.45) is 0 Å². The number of carbonyl (C=O) groups is 1. The molecule has 0 atom stereocenters. The predicted octanol–water partition coefficient (Wildman–Crippen LogP) is 2.11. The molecular weight excluding hydrogens is 264 g/mol. The number of fused-ring (bicyclic) bond motifs is 1. The number of aromatic nitrogens is 2. The van der Waals surface area contributed by atoms with Gasteiger partial charge in [0.1, 0.15) is 4.83 Å². The van der Waals surface area contributed by atoms with E-state index in [9.17, 15) is 9.59 Å². The summed E-state index contributed by atoms with van der Waals surface area (Å²) < 4.78 is 1.44. The van der Waals surface area contributed by atoms with Gasteiger partial charge in [-0.3, -0.25) is 9.36 Å². The molecule has 0 saturated carbocycles. The molecule has 2 aromatic rings. The van der Waals surface area contributed by atoms with E-state index in [0.29, 0.717) is 11.0 Å². The van der Waals surface area contributed by atoms with E-state index >= 15 is 0 Å². The second kappa shape index (κ2) is 4.97. The maximum atomic E-state index is 12.3. The maximum Gasteiger partial charge on any atom is 0.328 e. The summed E-state index contributed by atoms with van der Waals surface area (Å²) in [7, 11) is 0. The lowest BCUT2D eigenvalue weighted by molar-refractivity contribution is -0.131. The monoisotopic (exact) mass is 278 g/mol. The van der Waals surface area contributed by atoms with Gasteiger partial charge in [0, 0.05) is 17.5 Å². The number of hydrogen-bond donors (Lipinski definition) is 1. The van der Waals surface area contributed by atoms with E-state index in [-0.39, 0.29) is 12.1 Å². The van der Waals surface area contributed by atoms with Crippen LogP contribution in [-0.2, 0) is 11.3 Å². The molecule has 0 saturated heterocycles. The number of allylic oxidation sites excluding steroid dienone is 1. The number of nitrogens with zero attached hydrogens (tertiary/aromatic N) is 2. The second-order valence-corrected chi connectivity index (χ2v) is 5.67. The number of rotatable bonds is 3. The molecule has 2 heterocycles. The Balaban J connectivity index is 2.52. The van der Waals surface area contributed by atoms with Crippen molar-refractivity contribution in [2.45, 2.75) is 27.3 Å². The third kappa shape index (κ3) is 2.58. The first-order chi connectivity index (χ1) is 8.90. The van der Waals surface area contributed by atoms with Crippen molar-refractivity contribution < 1.29 is 9.90 Å². The summed E-state index contributed by atoms with van der Waals surface area (Å²) in [6.45, 7) is 5.78. The fraction of sp³-hybridized carbons (Fsp3) is 0.308. The third-order valence-corrected chi connectivity index (χ3v) is 4.06. The van der Waals surface area contributed by atoms with Crippen molar-refractivity contribution in [3.05, 3.63) is 38.8 Å². The topological polar surface area (TPSA) is 72.2 Å². The van der Waals surface area contributed by atoms with E-state index in [1.807, 2.05) is 13.8 Å². The van der Waals surface area contributed by atoms with Crippen LogP contribution in [0.25, 0.3) is 10.2 Å². The van der Waals surface area contributed by atoms with Crippen LogP contribution in [0.1, 0.15) is 17.4 Å². The number of aryl methyl sites for hydroxylation is 2. The smallest absolute Gasteiger partial charge is 0.328 e. The molecule has 0 aromatic carbocycles. The van der Waals surface area contributed by atoms with Gasteiger partial charge in [-0.25, -0.2) is 9.78 Å². The Kier molecular flexibility index (Phi) is 3.53. The molecule has 0 fully saturated rings. The Morgan fingerprint density at radius 3 is 2.84 bits per heavy atom. The van der Waals surface area contributed by atoms with Gasteiger partial charge >= 0.3 is 5.97 Å².